The fourth-order valence-electron chi connectivity index (χ4n) is 1.56. The van der Waals surface area contributed by atoms with Gasteiger partial charge in [0.15, 0.2) is 6.29 Å². The predicted molar refractivity (Wildman–Crippen MR) is 67.1 cm³/mol. The number of rotatable bonds is 3. The number of benzene rings is 1. The molecule has 3 nitrogen and oxygen atoms in total. The van der Waals surface area contributed by atoms with Crippen LogP contribution < -0.4 is 0 Å². The Morgan fingerprint density at radius 1 is 1.29 bits per heavy atom. The van der Waals surface area contributed by atoms with Crippen LogP contribution in [-0.2, 0) is 0 Å². The molecule has 1 aromatic carbocycles. The normalized spacial score (nSPS) is 10.2. The van der Waals surface area contributed by atoms with Crippen LogP contribution in [0.5, 0.6) is 0 Å². The maximum Gasteiger partial charge on any atom is 0.336 e. The standard InChI is InChI=1S/C12H7ClO3S/c13-7-1-2-9(12(15)16)10(5-7)8-3-4-17-11(8)6-14/h1-6H,(H,15,16). The van der Waals surface area contributed by atoms with Crippen molar-refractivity contribution in [3.63, 3.8) is 0 Å². The van der Waals surface area contributed by atoms with Crippen molar-refractivity contribution >= 4 is 35.2 Å². The van der Waals surface area contributed by atoms with E-state index < -0.39 is 5.97 Å². The van der Waals surface area contributed by atoms with Gasteiger partial charge in [0.2, 0.25) is 0 Å². The molecule has 0 fully saturated rings. The molecule has 0 aliphatic carbocycles. The van der Waals surface area contributed by atoms with E-state index >= 15 is 0 Å². The minimum atomic E-state index is -1.04. The minimum absolute atomic E-state index is 0.135. The zero-order valence-electron chi connectivity index (χ0n) is 8.51. The molecule has 0 saturated heterocycles. The Morgan fingerprint density at radius 2 is 2.06 bits per heavy atom. The number of hydrogen-bond acceptors (Lipinski definition) is 3. The molecule has 0 atom stereocenters. The molecule has 1 aromatic heterocycles. The van der Waals surface area contributed by atoms with Crippen LogP contribution in [0.15, 0.2) is 29.6 Å². The van der Waals surface area contributed by atoms with Gasteiger partial charge in [-0.25, -0.2) is 4.79 Å². The van der Waals surface area contributed by atoms with Gasteiger partial charge < -0.3 is 5.11 Å². The van der Waals surface area contributed by atoms with E-state index in [4.69, 9.17) is 16.7 Å². The van der Waals surface area contributed by atoms with Crippen molar-refractivity contribution in [2.24, 2.45) is 0 Å². The van der Waals surface area contributed by atoms with Crippen molar-refractivity contribution in [2.75, 3.05) is 0 Å². The summed E-state index contributed by atoms with van der Waals surface area (Å²) >= 11 is 7.12. The third kappa shape index (κ3) is 2.23. The smallest absolute Gasteiger partial charge is 0.336 e. The fraction of sp³-hybridized carbons (Fsp3) is 0. The first kappa shape index (κ1) is 11.8. The van der Waals surface area contributed by atoms with Crippen molar-refractivity contribution in [1.82, 2.24) is 0 Å². The first-order chi connectivity index (χ1) is 8.13. The fourth-order valence-corrected chi connectivity index (χ4v) is 2.44. The monoisotopic (exact) mass is 266 g/mol. The molecule has 1 N–H and O–H groups in total. The molecule has 0 bridgehead atoms. The van der Waals surface area contributed by atoms with Crippen LogP contribution in [0.4, 0.5) is 0 Å². The van der Waals surface area contributed by atoms with Crippen LogP contribution in [0, 0.1) is 0 Å². The molecular weight excluding hydrogens is 260 g/mol. The zero-order chi connectivity index (χ0) is 12.4. The number of carboxylic acid groups (broad SMARTS) is 1. The van der Waals surface area contributed by atoms with Crippen LogP contribution in [0.2, 0.25) is 5.02 Å². The number of aromatic carboxylic acids is 1. The highest BCUT2D eigenvalue weighted by Crippen LogP contribution is 2.31. The van der Waals surface area contributed by atoms with E-state index in [0.29, 0.717) is 27.3 Å². The molecule has 17 heavy (non-hydrogen) atoms. The lowest BCUT2D eigenvalue weighted by Gasteiger charge is -2.05. The number of carbonyl (C=O) groups excluding carboxylic acids is 1. The lowest BCUT2D eigenvalue weighted by molar-refractivity contribution is 0.0697. The van der Waals surface area contributed by atoms with Gasteiger partial charge in [0.25, 0.3) is 0 Å². The summed E-state index contributed by atoms with van der Waals surface area (Å²) in [6, 6.07) is 6.22. The molecule has 86 valence electrons. The Kier molecular flexibility index (Phi) is 3.26. The summed E-state index contributed by atoms with van der Waals surface area (Å²) in [7, 11) is 0. The van der Waals surface area contributed by atoms with Crippen LogP contribution in [0.25, 0.3) is 11.1 Å². The molecule has 0 radical (unpaired) electrons. The summed E-state index contributed by atoms with van der Waals surface area (Å²) in [4.78, 5) is 22.5. The van der Waals surface area contributed by atoms with Crippen molar-refractivity contribution in [1.29, 1.82) is 0 Å². The highest BCUT2D eigenvalue weighted by atomic mass is 35.5. The Balaban J connectivity index is 2.69. The summed E-state index contributed by atoms with van der Waals surface area (Å²) in [6.45, 7) is 0. The average molecular weight is 267 g/mol. The maximum absolute atomic E-state index is 11.1. The molecule has 1 heterocycles. The number of carbonyl (C=O) groups is 2. The average Bonchev–Trinajstić information content (AvgIpc) is 2.76. The maximum atomic E-state index is 11.1. The van der Waals surface area contributed by atoms with Crippen LogP contribution in [0.3, 0.4) is 0 Å². The molecule has 0 spiro atoms. The lowest BCUT2D eigenvalue weighted by Crippen LogP contribution is -1.99. The second-order valence-corrected chi connectivity index (χ2v) is 4.70. The molecule has 0 amide bonds. The highest BCUT2D eigenvalue weighted by Gasteiger charge is 2.15. The van der Waals surface area contributed by atoms with Gasteiger partial charge in [-0.3, -0.25) is 4.79 Å². The van der Waals surface area contributed by atoms with Crippen LogP contribution in [0.1, 0.15) is 20.0 Å². The van der Waals surface area contributed by atoms with Crippen molar-refractivity contribution in [3.05, 3.63) is 45.1 Å². The number of halogens is 1. The van der Waals surface area contributed by atoms with Gasteiger partial charge in [-0.15, -0.1) is 11.3 Å². The predicted octanol–water partition coefficient (Wildman–Crippen LogP) is 3.58. The van der Waals surface area contributed by atoms with Crippen LogP contribution >= 0.6 is 22.9 Å². The molecule has 0 aliphatic heterocycles. The quantitative estimate of drug-likeness (QED) is 0.864. The van der Waals surface area contributed by atoms with E-state index in [-0.39, 0.29) is 5.56 Å². The SMILES string of the molecule is O=Cc1sccc1-c1cc(Cl)ccc1C(=O)O. The van der Waals surface area contributed by atoms with Gasteiger partial charge in [0.05, 0.1) is 10.4 Å². The molecule has 0 unspecified atom stereocenters. The number of carboxylic acids is 1. The Bertz CT molecular complexity index is 589. The van der Waals surface area contributed by atoms with E-state index in [1.165, 1.54) is 23.5 Å². The Morgan fingerprint density at radius 3 is 2.71 bits per heavy atom. The third-order valence-corrected chi connectivity index (χ3v) is 3.38. The summed E-state index contributed by atoms with van der Waals surface area (Å²) < 4.78 is 0. The van der Waals surface area contributed by atoms with E-state index in [1.807, 2.05) is 0 Å². The third-order valence-electron chi connectivity index (χ3n) is 2.30. The molecule has 2 aromatic rings. The number of hydrogen-bond donors (Lipinski definition) is 1. The molecule has 2 rings (SSSR count). The minimum Gasteiger partial charge on any atom is -0.478 e. The van der Waals surface area contributed by atoms with E-state index in [2.05, 4.69) is 0 Å². The van der Waals surface area contributed by atoms with Gasteiger partial charge in [-0.1, -0.05) is 11.6 Å². The summed E-state index contributed by atoms with van der Waals surface area (Å²) in [6.07, 6.45) is 0.715. The summed E-state index contributed by atoms with van der Waals surface area (Å²) in [5, 5.41) is 11.3. The molecule has 0 saturated carbocycles. The van der Waals surface area contributed by atoms with E-state index in [9.17, 15) is 9.59 Å². The second kappa shape index (κ2) is 4.69. The number of thiophene rings is 1. The van der Waals surface area contributed by atoms with E-state index in [0.717, 1.165) is 0 Å². The van der Waals surface area contributed by atoms with Gasteiger partial charge in [0.1, 0.15) is 0 Å². The van der Waals surface area contributed by atoms with Crippen LogP contribution in [-0.4, -0.2) is 17.4 Å². The van der Waals surface area contributed by atoms with Gasteiger partial charge in [0, 0.05) is 10.6 Å². The van der Waals surface area contributed by atoms with Gasteiger partial charge >= 0.3 is 5.97 Å². The van der Waals surface area contributed by atoms with E-state index in [1.54, 1.807) is 17.5 Å². The first-order valence-electron chi connectivity index (χ1n) is 4.69. The second-order valence-electron chi connectivity index (χ2n) is 3.31. The van der Waals surface area contributed by atoms with Crippen molar-refractivity contribution in [2.45, 2.75) is 0 Å². The van der Waals surface area contributed by atoms with Gasteiger partial charge in [-0.2, -0.15) is 0 Å². The lowest BCUT2D eigenvalue weighted by atomic mass is 10.0. The first-order valence-corrected chi connectivity index (χ1v) is 5.95. The largest absolute Gasteiger partial charge is 0.478 e. The summed E-state index contributed by atoms with van der Waals surface area (Å²) in [5.74, 6) is -1.04. The van der Waals surface area contributed by atoms with Crippen molar-refractivity contribution < 1.29 is 14.7 Å². The molecule has 5 heteroatoms. The number of aldehydes is 1. The summed E-state index contributed by atoms with van der Waals surface area (Å²) in [5.41, 5.74) is 1.20. The Hall–Kier alpha value is -1.65. The molecular formula is C12H7ClO3S. The van der Waals surface area contributed by atoms with Gasteiger partial charge in [-0.05, 0) is 35.2 Å². The van der Waals surface area contributed by atoms with Crippen molar-refractivity contribution in [3.8, 4) is 11.1 Å². The molecule has 0 aliphatic rings. The Labute approximate surface area is 106 Å². The highest BCUT2D eigenvalue weighted by molar-refractivity contribution is 7.12. The topological polar surface area (TPSA) is 54.4 Å². The zero-order valence-corrected chi connectivity index (χ0v) is 10.1.